The second-order valence-electron chi connectivity index (χ2n) is 3.16. The second kappa shape index (κ2) is 5.03. The first-order chi connectivity index (χ1) is 7.84. The van der Waals surface area contributed by atoms with E-state index >= 15 is 0 Å². The van der Waals surface area contributed by atoms with Crippen LogP contribution < -0.4 is 5.32 Å². The van der Waals surface area contributed by atoms with Crippen LogP contribution in [0.15, 0.2) is 18.2 Å². The summed E-state index contributed by atoms with van der Waals surface area (Å²) in [5, 5.41) is 2.22. The Morgan fingerprint density at radius 2 is 2.06 bits per heavy atom. The number of halogens is 4. The van der Waals surface area contributed by atoms with Crippen LogP contribution in [0.4, 0.5) is 22.4 Å². The summed E-state index contributed by atoms with van der Waals surface area (Å²) in [6, 6.07) is 2.43. The zero-order chi connectivity index (χ0) is 13.1. The summed E-state index contributed by atoms with van der Waals surface area (Å²) in [5.41, 5.74) is -1.12. The quantitative estimate of drug-likeness (QED) is 0.821. The zero-order valence-electron chi connectivity index (χ0n) is 8.77. The van der Waals surface area contributed by atoms with Gasteiger partial charge in [0.1, 0.15) is 5.82 Å². The molecule has 94 valence electrons. The molecule has 0 spiro atoms. The number of methoxy groups -OCH3 is 1. The van der Waals surface area contributed by atoms with Gasteiger partial charge in [-0.15, -0.1) is 0 Å². The van der Waals surface area contributed by atoms with Gasteiger partial charge < -0.3 is 10.1 Å². The van der Waals surface area contributed by atoms with Crippen LogP contribution in [-0.4, -0.2) is 13.2 Å². The largest absolute Gasteiger partial charge is 0.453 e. The summed E-state index contributed by atoms with van der Waals surface area (Å²) in [5.74, 6) is -1.37. The van der Waals surface area contributed by atoms with Crippen LogP contribution in [0.3, 0.4) is 0 Å². The molecule has 0 aliphatic rings. The van der Waals surface area contributed by atoms with Crippen molar-refractivity contribution in [3.05, 3.63) is 35.1 Å². The van der Waals surface area contributed by atoms with Crippen LogP contribution in [0.1, 0.15) is 11.1 Å². The molecule has 0 unspecified atom stereocenters. The fraction of sp³-hybridized carbons (Fsp3) is 0.300. The van der Waals surface area contributed by atoms with Crippen LogP contribution >= 0.6 is 0 Å². The molecule has 0 aliphatic heterocycles. The summed E-state index contributed by atoms with van der Waals surface area (Å²) in [6.07, 6.45) is -5.47. The number of alkyl carbamates (subject to hydrolysis) is 1. The van der Waals surface area contributed by atoms with Gasteiger partial charge >= 0.3 is 12.3 Å². The van der Waals surface area contributed by atoms with Crippen LogP contribution in [0, 0.1) is 5.82 Å². The van der Waals surface area contributed by atoms with Gasteiger partial charge in [0.25, 0.3) is 0 Å². The van der Waals surface area contributed by atoms with Crippen LogP contribution in [0.5, 0.6) is 0 Å². The number of nitrogens with one attached hydrogen (secondary N) is 1. The molecule has 0 aromatic heterocycles. The van der Waals surface area contributed by atoms with E-state index in [1.54, 1.807) is 0 Å². The molecular formula is C10H9F4NO2. The Bertz CT molecular complexity index is 417. The summed E-state index contributed by atoms with van der Waals surface area (Å²) in [6.45, 7) is -0.109. The van der Waals surface area contributed by atoms with Gasteiger partial charge in [-0.1, -0.05) is 6.07 Å². The van der Waals surface area contributed by atoms with Gasteiger partial charge in [-0.05, 0) is 17.7 Å². The van der Waals surface area contributed by atoms with Gasteiger partial charge in [0.15, 0.2) is 0 Å². The van der Waals surface area contributed by atoms with Gasteiger partial charge in [-0.25, -0.2) is 9.18 Å². The predicted molar refractivity (Wildman–Crippen MR) is 50.6 cm³/mol. The van der Waals surface area contributed by atoms with Crippen molar-refractivity contribution in [1.29, 1.82) is 0 Å². The van der Waals surface area contributed by atoms with Crippen molar-refractivity contribution in [2.45, 2.75) is 12.7 Å². The number of hydrogen-bond donors (Lipinski definition) is 1. The van der Waals surface area contributed by atoms with Crippen molar-refractivity contribution in [1.82, 2.24) is 5.32 Å². The van der Waals surface area contributed by atoms with Gasteiger partial charge in [-0.3, -0.25) is 0 Å². The van der Waals surface area contributed by atoms with E-state index in [1.165, 1.54) is 0 Å². The molecule has 1 N–H and O–H groups in total. The van der Waals surface area contributed by atoms with E-state index in [2.05, 4.69) is 10.1 Å². The first-order valence-corrected chi connectivity index (χ1v) is 4.52. The highest BCUT2D eigenvalue weighted by atomic mass is 19.4. The molecule has 0 bridgehead atoms. The molecule has 1 aromatic carbocycles. The fourth-order valence-electron chi connectivity index (χ4n) is 1.14. The van der Waals surface area contributed by atoms with Crippen LogP contribution in [0.25, 0.3) is 0 Å². The number of benzene rings is 1. The zero-order valence-corrected chi connectivity index (χ0v) is 8.77. The molecule has 7 heteroatoms. The Hall–Kier alpha value is -1.79. The van der Waals surface area contributed by atoms with E-state index in [-0.39, 0.29) is 12.1 Å². The third-order valence-electron chi connectivity index (χ3n) is 1.96. The topological polar surface area (TPSA) is 38.3 Å². The minimum Gasteiger partial charge on any atom is -0.453 e. The van der Waals surface area contributed by atoms with E-state index in [0.29, 0.717) is 6.07 Å². The number of amides is 1. The van der Waals surface area contributed by atoms with Gasteiger partial charge in [-0.2, -0.15) is 13.2 Å². The number of rotatable bonds is 2. The lowest BCUT2D eigenvalue weighted by Crippen LogP contribution is -2.22. The molecule has 0 aliphatic carbocycles. The minimum absolute atomic E-state index is 0.109. The lowest BCUT2D eigenvalue weighted by Gasteiger charge is -2.09. The minimum atomic E-state index is -4.72. The van der Waals surface area contributed by atoms with Crippen LogP contribution in [0.2, 0.25) is 0 Å². The lowest BCUT2D eigenvalue weighted by atomic mass is 10.1. The van der Waals surface area contributed by atoms with Gasteiger partial charge in [0.05, 0.1) is 12.7 Å². The second-order valence-corrected chi connectivity index (χ2v) is 3.16. The first kappa shape index (κ1) is 13.3. The highest BCUT2D eigenvalue weighted by Crippen LogP contribution is 2.31. The van der Waals surface area contributed by atoms with Crippen molar-refractivity contribution in [3.8, 4) is 0 Å². The molecule has 1 aromatic rings. The summed E-state index contributed by atoms with van der Waals surface area (Å²) in [7, 11) is 1.14. The van der Waals surface area contributed by atoms with Crippen molar-refractivity contribution in [2.24, 2.45) is 0 Å². The fourth-order valence-corrected chi connectivity index (χ4v) is 1.14. The van der Waals surface area contributed by atoms with Gasteiger partial charge in [0.2, 0.25) is 0 Å². The highest BCUT2D eigenvalue weighted by molar-refractivity contribution is 5.66. The number of hydrogen-bond acceptors (Lipinski definition) is 2. The van der Waals surface area contributed by atoms with Crippen molar-refractivity contribution < 1.29 is 27.1 Å². The summed E-state index contributed by atoms with van der Waals surface area (Å²) < 4.78 is 54.0. The van der Waals surface area contributed by atoms with E-state index in [9.17, 15) is 22.4 Å². The third kappa shape index (κ3) is 3.61. The highest BCUT2D eigenvalue weighted by Gasteiger charge is 2.33. The molecule has 0 saturated carbocycles. The Morgan fingerprint density at radius 3 is 2.53 bits per heavy atom. The molecule has 3 nitrogen and oxygen atoms in total. The molecular weight excluding hydrogens is 242 g/mol. The molecule has 17 heavy (non-hydrogen) atoms. The molecule has 1 rings (SSSR count). The number of carbonyl (C=O) groups excluding carboxylic acids is 1. The maximum atomic E-state index is 13.1. The SMILES string of the molecule is COC(=O)NCc1ccc(C(F)(F)F)c(F)c1. The average molecular weight is 251 g/mol. The van der Waals surface area contributed by atoms with Crippen molar-refractivity contribution in [3.63, 3.8) is 0 Å². The summed E-state index contributed by atoms with van der Waals surface area (Å²) in [4.78, 5) is 10.7. The molecule has 0 atom stereocenters. The molecule has 0 heterocycles. The standard InChI is InChI=1S/C10H9F4NO2/c1-17-9(16)15-5-6-2-3-7(8(11)4-6)10(12,13)14/h2-4H,5H2,1H3,(H,15,16). The van der Waals surface area contributed by atoms with E-state index in [4.69, 9.17) is 0 Å². The molecule has 0 saturated heterocycles. The molecule has 0 fully saturated rings. The maximum Gasteiger partial charge on any atom is 0.419 e. The Kier molecular flexibility index (Phi) is 3.93. The number of ether oxygens (including phenoxy) is 1. The smallest absolute Gasteiger partial charge is 0.419 e. The third-order valence-corrected chi connectivity index (χ3v) is 1.96. The molecule has 0 radical (unpaired) electrons. The monoisotopic (exact) mass is 251 g/mol. The van der Waals surface area contributed by atoms with Gasteiger partial charge in [0, 0.05) is 6.54 Å². The van der Waals surface area contributed by atoms with Crippen molar-refractivity contribution >= 4 is 6.09 Å². The van der Waals surface area contributed by atoms with E-state index in [0.717, 1.165) is 19.2 Å². The number of alkyl halides is 3. The summed E-state index contributed by atoms with van der Waals surface area (Å²) >= 11 is 0. The normalized spacial score (nSPS) is 11.1. The Labute approximate surface area is 94.4 Å². The predicted octanol–water partition coefficient (Wildman–Crippen LogP) is 2.70. The van der Waals surface area contributed by atoms with E-state index in [1.807, 2.05) is 0 Å². The van der Waals surface area contributed by atoms with E-state index < -0.39 is 23.7 Å². The Balaban J connectivity index is 2.79. The van der Waals surface area contributed by atoms with Crippen LogP contribution in [-0.2, 0) is 17.5 Å². The average Bonchev–Trinajstić information content (AvgIpc) is 2.24. The Morgan fingerprint density at radius 1 is 1.41 bits per heavy atom. The van der Waals surface area contributed by atoms with Crippen molar-refractivity contribution in [2.75, 3.05) is 7.11 Å². The first-order valence-electron chi connectivity index (χ1n) is 4.52. The molecule has 1 amide bonds. The maximum absolute atomic E-state index is 13.1. The lowest BCUT2D eigenvalue weighted by molar-refractivity contribution is -0.140. The number of carbonyl (C=O) groups is 1.